The molecule has 0 amide bonds. The van der Waals surface area contributed by atoms with Crippen molar-refractivity contribution < 1.29 is 0 Å². The van der Waals surface area contributed by atoms with Crippen LogP contribution in [0.25, 0.3) is 0 Å². The van der Waals surface area contributed by atoms with Gasteiger partial charge in [0.15, 0.2) is 0 Å². The third kappa shape index (κ3) is 3.07. The molecule has 0 bridgehead atoms. The first kappa shape index (κ1) is 13.3. The Labute approximate surface area is 120 Å². The first-order valence-electron chi connectivity index (χ1n) is 7.42. The fourth-order valence-electron chi connectivity index (χ4n) is 2.99. The van der Waals surface area contributed by atoms with Crippen molar-refractivity contribution in [1.29, 1.82) is 0 Å². The SMILES string of the molecule is C[C@@H]1CCN(CCc2ccccn2)C[C@H]1n1ccnc1. The van der Waals surface area contributed by atoms with Gasteiger partial charge in [0.05, 0.1) is 6.33 Å². The van der Waals surface area contributed by atoms with Gasteiger partial charge >= 0.3 is 0 Å². The van der Waals surface area contributed by atoms with Gasteiger partial charge < -0.3 is 9.47 Å². The highest BCUT2D eigenvalue weighted by atomic mass is 15.2. The summed E-state index contributed by atoms with van der Waals surface area (Å²) in [7, 11) is 0. The van der Waals surface area contributed by atoms with Crippen molar-refractivity contribution >= 4 is 0 Å². The van der Waals surface area contributed by atoms with E-state index in [0.29, 0.717) is 6.04 Å². The van der Waals surface area contributed by atoms with E-state index in [1.165, 1.54) is 18.7 Å². The van der Waals surface area contributed by atoms with Crippen LogP contribution in [0.3, 0.4) is 0 Å². The van der Waals surface area contributed by atoms with E-state index in [2.05, 4.69) is 44.7 Å². The molecule has 20 heavy (non-hydrogen) atoms. The molecule has 3 heterocycles. The Morgan fingerprint density at radius 2 is 2.25 bits per heavy atom. The van der Waals surface area contributed by atoms with Crippen LogP contribution in [0.5, 0.6) is 0 Å². The van der Waals surface area contributed by atoms with Gasteiger partial charge in [-0.15, -0.1) is 0 Å². The average Bonchev–Trinajstić information content (AvgIpc) is 3.01. The quantitative estimate of drug-likeness (QED) is 0.855. The van der Waals surface area contributed by atoms with Crippen molar-refractivity contribution in [3.63, 3.8) is 0 Å². The number of nitrogens with zero attached hydrogens (tertiary/aromatic N) is 4. The van der Waals surface area contributed by atoms with Crippen LogP contribution in [0, 0.1) is 5.92 Å². The molecule has 0 aromatic carbocycles. The second-order valence-corrected chi connectivity index (χ2v) is 5.71. The van der Waals surface area contributed by atoms with Crippen LogP contribution in [0.2, 0.25) is 0 Å². The average molecular weight is 270 g/mol. The van der Waals surface area contributed by atoms with Crippen molar-refractivity contribution in [1.82, 2.24) is 19.4 Å². The highest BCUT2D eigenvalue weighted by Gasteiger charge is 2.26. The number of likely N-dealkylation sites (tertiary alicyclic amines) is 1. The summed E-state index contributed by atoms with van der Waals surface area (Å²) in [5.41, 5.74) is 1.19. The number of hydrogen-bond acceptors (Lipinski definition) is 3. The van der Waals surface area contributed by atoms with Gasteiger partial charge in [-0.05, 0) is 31.0 Å². The second-order valence-electron chi connectivity index (χ2n) is 5.71. The minimum Gasteiger partial charge on any atom is -0.333 e. The first-order valence-corrected chi connectivity index (χ1v) is 7.42. The molecule has 2 aromatic heterocycles. The van der Waals surface area contributed by atoms with Gasteiger partial charge in [0.2, 0.25) is 0 Å². The number of imidazole rings is 1. The Bertz CT molecular complexity index is 509. The van der Waals surface area contributed by atoms with Crippen molar-refractivity contribution in [2.24, 2.45) is 5.92 Å². The van der Waals surface area contributed by atoms with Crippen molar-refractivity contribution in [3.8, 4) is 0 Å². The van der Waals surface area contributed by atoms with E-state index in [1.807, 2.05) is 24.8 Å². The fourth-order valence-corrected chi connectivity index (χ4v) is 2.99. The maximum absolute atomic E-state index is 4.41. The van der Waals surface area contributed by atoms with E-state index in [1.54, 1.807) is 0 Å². The number of piperidine rings is 1. The van der Waals surface area contributed by atoms with Crippen LogP contribution in [0.15, 0.2) is 43.1 Å². The molecule has 2 aromatic rings. The van der Waals surface area contributed by atoms with Gasteiger partial charge in [0.1, 0.15) is 0 Å². The number of rotatable bonds is 4. The molecule has 4 heteroatoms. The summed E-state index contributed by atoms with van der Waals surface area (Å²) in [6.07, 6.45) is 10.1. The van der Waals surface area contributed by atoms with Crippen molar-refractivity contribution in [2.75, 3.05) is 19.6 Å². The van der Waals surface area contributed by atoms with Crippen LogP contribution >= 0.6 is 0 Å². The van der Waals surface area contributed by atoms with E-state index in [4.69, 9.17) is 0 Å². The lowest BCUT2D eigenvalue weighted by atomic mass is 9.93. The van der Waals surface area contributed by atoms with Gasteiger partial charge in [0.25, 0.3) is 0 Å². The molecule has 0 spiro atoms. The van der Waals surface area contributed by atoms with Crippen LogP contribution < -0.4 is 0 Å². The smallest absolute Gasteiger partial charge is 0.0949 e. The lowest BCUT2D eigenvalue weighted by Crippen LogP contribution is -2.41. The van der Waals surface area contributed by atoms with E-state index in [9.17, 15) is 0 Å². The standard InChI is InChI=1S/C16H22N4/c1-14-5-9-19(10-6-15-4-2-3-7-18-15)12-16(14)20-11-8-17-13-20/h2-4,7-8,11,13-14,16H,5-6,9-10,12H2,1H3/t14-,16-/m1/s1. The molecule has 106 valence electrons. The molecule has 4 nitrogen and oxygen atoms in total. The first-order chi connectivity index (χ1) is 9.83. The monoisotopic (exact) mass is 270 g/mol. The van der Waals surface area contributed by atoms with Gasteiger partial charge in [-0.1, -0.05) is 13.0 Å². The summed E-state index contributed by atoms with van der Waals surface area (Å²) >= 11 is 0. The van der Waals surface area contributed by atoms with Gasteiger partial charge in [0, 0.05) is 49.8 Å². The Kier molecular flexibility index (Phi) is 4.11. The Morgan fingerprint density at radius 3 is 3.00 bits per heavy atom. The van der Waals surface area contributed by atoms with E-state index < -0.39 is 0 Å². The van der Waals surface area contributed by atoms with Crippen molar-refractivity contribution in [3.05, 3.63) is 48.8 Å². The predicted molar refractivity (Wildman–Crippen MR) is 79.4 cm³/mol. The summed E-state index contributed by atoms with van der Waals surface area (Å²) in [4.78, 5) is 11.1. The summed E-state index contributed by atoms with van der Waals surface area (Å²) in [5, 5.41) is 0. The third-order valence-electron chi connectivity index (χ3n) is 4.32. The van der Waals surface area contributed by atoms with Crippen LogP contribution in [-0.2, 0) is 6.42 Å². The lowest BCUT2D eigenvalue weighted by molar-refractivity contribution is 0.133. The summed E-state index contributed by atoms with van der Waals surface area (Å²) in [5.74, 6) is 0.718. The molecule has 0 N–H and O–H groups in total. The minimum absolute atomic E-state index is 0.551. The highest BCUT2D eigenvalue weighted by Crippen LogP contribution is 2.27. The molecule has 0 aliphatic carbocycles. The molecule has 1 saturated heterocycles. The molecule has 0 radical (unpaired) electrons. The van der Waals surface area contributed by atoms with E-state index >= 15 is 0 Å². The number of hydrogen-bond donors (Lipinski definition) is 0. The van der Waals surface area contributed by atoms with Gasteiger partial charge in [-0.25, -0.2) is 4.98 Å². The van der Waals surface area contributed by atoms with Crippen molar-refractivity contribution in [2.45, 2.75) is 25.8 Å². The zero-order chi connectivity index (χ0) is 13.8. The maximum atomic E-state index is 4.41. The third-order valence-corrected chi connectivity index (χ3v) is 4.32. The normalized spacial score (nSPS) is 23.9. The lowest BCUT2D eigenvalue weighted by Gasteiger charge is -2.37. The number of aromatic nitrogens is 3. The zero-order valence-corrected chi connectivity index (χ0v) is 12.0. The highest BCUT2D eigenvalue weighted by molar-refractivity contribution is 5.04. The molecule has 1 fully saturated rings. The van der Waals surface area contributed by atoms with E-state index in [-0.39, 0.29) is 0 Å². The zero-order valence-electron chi connectivity index (χ0n) is 12.0. The topological polar surface area (TPSA) is 34.0 Å². The van der Waals surface area contributed by atoms with E-state index in [0.717, 1.165) is 25.4 Å². The second kappa shape index (κ2) is 6.18. The summed E-state index contributed by atoms with van der Waals surface area (Å²) < 4.78 is 2.26. The minimum atomic E-state index is 0.551. The Balaban J connectivity index is 1.58. The number of pyridine rings is 1. The van der Waals surface area contributed by atoms with Gasteiger partial charge in [-0.3, -0.25) is 4.98 Å². The van der Waals surface area contributed by atoms with Crippen LogP contribution in [0.4, 0.5) is 0 Å². The largest absolute Gasteiger partial charge is 0.333 e. The maximum Gasteiger partial charge on any atom is 0.0949 e. The van der Waals surface area contributed by atoms with Crippen LogP contribution in [-0.4, -0.2) is 39.1 Å². The fraction of sp³-hybridized carbons (Fsp3) is 0.500. The molecule has 0 unspecified atom stereocenters. The molecule has 0 saturated carbocycles. The molecule has 3 rings (SSSR count). The molecule has 1 aliphatic rings. The Hall–Kier alpha value is -1.68. The molecular weight excluding hydrogens is 248 g/mol. The molecule has 2 atom stereocenters. The predicted octanol–water partition coefficient (Wildman–Crippen LogP) is 2.40. The summed E-state index contributed by atoms with van der Waals surface area (Å²) in [6, 6.07) is 6.70. The molecular formula is C16H22N4. The Morgan fingerprint density at radius 1 is 1.30 bits per heavy atom. The molecule has 1 aliphatic heterocycles. The summed E-state index contributed by atoms with van der Waals surface area (Å²) in [6.45, 7) is 5.75. The van der Waals surface area contributed by atoms with Crippen LogP contribution in [0.1, 0.15) is 25.1 Å². The van der Waals surface area contributed by atoms with Gasteiger partial charge in [-0.2, -0.15) is 0 Å².